The summed E-state index contributed by atoms with van der Waals surface area (Å²) in [7, 11) is -4.49. The number of rotatable bonds is 2. The van der Waals surface area contributed by atoms with E-state index in [1.165, 1.54) is 12.1 Å². The average Bonchev–Trinajstić information content (AvgIpc) is 1.91. The fourth-order valence-corrected chi connectivity index (χ4v) is 1.11. The van der Waals surface area contributed by atoms with E-state index in [0.29, 0.717) is 0 Å². The minimum absolute atomic E-state index is 0. The van der Waals surface area contributed by atoms with Gasteiger partial charge in [0.1, 0.15) is 0 Å². The molecule has 1 rings (SSSR count). The largest absolute Gasteiger partial charge is 1.00 e. The average molecular weight is 229 g/mol. The molecule has 1 aromatic rings. The number of phosphoric acid groups is 1. The molecule has 0 heterocycles. The molecular formula is C6H9KNO4P. The van der Waals surface area contributed by atoms with Crippen LogP contribution in [0.5, 0.6) is 5.75 Å². The maximum atomic E-state index is 10.4. The molecule has 0 bridgehead atoms. The summed E-state index contributed by atoms with van der Waals surface area (Å²) in [6.45, 7) is 0. The van der Waals surface area contributed by atoms with Crippen molar-refractivity contribution in [2.45, 2.75) is 0 Å². The van der Waals surface area contributed by atoms with Gasteiger partial charge in [0.25, 0.3) is 0 Å². The molecule has 5 nitrogen and oxygen atoms in total. The fourth-order valence-electron chi connectivity index (χ4n) is 0.692. The molecule has 13 heavy (non-hydrogen) atoms. The third-order valence-electron chi connectivity index (χ3n) is 1.14. The number of nitrogens with two attached hydrogens (primary N) is 1. The first-order chi connectivity index (χ1) is 5.49. The van der Waals surface area contributed by atoms with Crippen molar-refractivity contribution < 1.29 is 71.7 Å². The summed E-state index contributed by atoms with van der Waals surface area (Å²) >= 11 is 0. The molecule has 0 aliphatic rings. The van der Waals surface area contributed by atoms with Crippen molar-refractivity contribution in [3.8, 4) is 5.75 Å². The van der Waals surface area contributed by atoms with Gasteiger partial charge in [-0.05, 0) is 12.1 Å². The van der Waals surface area contributed by atoms with Gasteiger partial charge in [0.2, 0.25) is 0 Å². The van der Waals surface area contributed by atoms with E-state index in [0.717, 1.165) is 0 Å². The number of nitrogen functional groups attached to an aromatic ring is 1. The predicted octanol–water partition coefficient (Wildman–Crippen LogP) is -2.14. The van der Waals surface area contributed by atoms with Gasteiger partial charge in [-0.15, -0.1) is 0 Å². The minimum atomic E-state index is -4.49. The topological polar surface area (TPSA) is 92.8 Å². The number of phosphoric ester groups is 1. The van der Waals surface area contributed by atoms with E-state index in [1.807, 2.05) is 0 Å². The zero-order valence-corrected chi connectivity index (χ0v) is 11.1. The van der Waals surface area contributed by atoms with Crippen molar-refractivity contribution in [3.63, 3.8) is 0 Å². The molecule has 68 valence electrons. The van der Waals surface area contributed by atoms with Crippen LogP contribution in [0.3, 0.4) is 0 Å². The zero-order valence-electron chi connectivity index (χ0n) is 8.04. The molecule has 0 saturated heterocycles. The molecular weight excluding hydrogens is 220 g/mol. The van der Waals surface area contributed by atoms with Gasteiger partial charge >= 0.3 is 59.2 Å². The SMILES string of the molecule is Nc1ccccc1OP(=O)(O)O.[H-].[K+]. The first-order valence-electron chi connectivity index (χ1n) is 3.09. The van der Waals surface area contributed by atoms with Crippen LogP contribution in [-0.2, 0) is 4.57 Å². The first kappa shape index (κ1) is 13.6. The van der Waals surface area contributed by atoms with Crippen LogP contribution in [0, 0.1) is 0 Å². The second-order valence-electron chi connectivity index (χ2n) is 2.12. The number of para-hydroxylation sites is 2. The van der Waals surface area contributed by atoms with Crippen LogP contribution < -0.4 is 61.6 Å². The van der Waals surface area contributed by atoms with E-state index in [2.05, 4.69) is 4.52 Å². The Kier molecular flexibility index (Phi) is 5.73. The van der Waals surface area contributed by atoms with Crippen LogP contribution in [-0.4, -0.2) is 9.79 Å². The number of benzene rings is 1. The maximum absolute atomic E-state index is 10.4. The molecule has 0 unspecified atom stereocenters. The Balaban J connectivity index is 0. The van der Waals surface area contributed by atoms with Crippen LogP contribution >= 0.6 is 7.82 Å². The number of anilines is 1. The van der Waals surface area contributed by atoms with Gasteiger partial charge in [-0.25, -0.2) is 4.57 Å². The second-order valence-corrected chi connectivity index (χ2v) is 3.28. The molecule has 0 aromatic heterocycles. The third kappa shape index (κ3) is 5.14. The molecule has 0 atom stereocenters. The van der Waals surface area contributed by atoms with Crippen molar-refractivity contribution in [2.75, 3.05) is 5.73 Å². The van der Waals surface area contributed by atoms with Crippen molar-refractivity contribution in [3.05, 3.63) is 24.3 Å². The Hall–Kier alpha value is 0.606. The summed E-state index contributed by atoms with van der Waals surface area (Å²) in [5, 5.41) is 0. The van der Waals surface area contributed by atoms with Gasteiger partial charge in [-0.2, -0.15) is 0 Å². The third-order valence-corrected chi connectivity index (χ3v) is 1.57. The van der Waals surface area contributed by atoms with Crippen molar-refractivity contribution >= 4 is 13.5 Å². The van der Waals surface area contributed by atoms with Crippen LogP contribution in [0.1, 0.15) is 1.43 Å². The molecule has 0 amide bonds. The van der Waals surface area contributed by atoms with E-state index < -0.39 is 7.82 Å². The summed E-state index contributed by atoms with van der Waals surface area (Å²) in [5.74, 6) is -0.00849. The number of hydrogen-bond acceptors (Lipinski definition) is 3. The molecule has 0 spiro atoms. The van der Waals surface area contributed by atoms with Gasteiger partial charge in [0, 0.05) is 0 Å². The van der Waals surface area contributed by atoms with Crippen molar-refractivity contribution in [2.24, 2.45) is 0 Å². The molecule has 4 N–H and O–H groups in total. The van der Waals surface area contributed by atoms with Crippen molar-refractivity contribution in [1.82, 2.24) is 0 Å². The Morgan fingerprint density at radius 3 is 2.38 bits per heavy atom. The van der Waals surface area contributed by atoms with Gasteiger partial charge in [0.15, 0.2) is 5.75 Å². The Morgan fingerprint density at radius 2 is 1.92 bits per heavy atom. The predicted molar refractivity (Wildman–Crippen MR) is 44.6 cm³/mol. The molecule has 1 aromatic carbocycles. The summed E-state index contributed by atoms with van der Waals surface area (Å²) in [6.07, 6.45) is 0. The van der Waals surface area contributed by atoms with E-state index in [1.54, 1.807) is 12.1 Å². The van der Waals surface area contributed by atoms with Gasteiger partial charge in [0.05, 0.1) is 5.69 Å². The molecule has 0 aliphatic heterocycles. The quantitative estimate of drug-likeness (QED) is 0.306. The van der Waals surface area contributed by atoms with Crippen molar-refractivity contribution in [1.29, 1.82) is 0 Å². The van der Waals surface area contributed by atoms with E-state index in [-0.39, 0.29) is 64.2 Å². The van der Waals surface area contributed by atoms with Gasteiger partial charge in [-0.3, -0.25) is 9.79 Å². The van der Waals surface area contributed by atoms with Gasteiger partial charge < -0.3 is 11.7 Å². The van der Waals surface area contributed by atoms with Crippen LogP contribution in [0.15, 0.2) is 24.3 Å². The Bertz CT molecular complexity index is 331. The van der Waals surface area contributed by atoms with Crippen LogP contribution in [0.4, 0.5) is 5.69 Å². The second kappa shape index (κ2) is 5.48. The van der Waals surface area contributed by atoms with Crippen LogP contribution in [0.25, 0.3) is 0 Å². The molecule has 0 saturated carbocycles. The Labute approximate surface area is 119 Å². The standard InChI is InChI=1S/C6H8NO4P.K.H/c7-5-3-1-2-4-6(5)11-12(8,9)10;;/h1-4H,7H2,(H2,8,9,10);;/q;+1;-1. The van der Waals surface area contributed by atoms with E-state index in [4.69, 9.17) is 15.5 Å². The first-order valence-corrected chi connectivity index (χ1v) is 4.62. The molecule has 0 radical (unpaired) electrons. The number of hydrogen-bond donors (Lipinski definition) is 3. The minimum Gasteiger partial charge on any atom is -1.00 e. The summed E-state index contributed by atoms with van der Waals surface area (Å²) in [4.78, 5) is 16.9. The van der Waals surface area contributed by atoms with E-state index in [9.17, 15) is 4.57 Å². The Morgan fingerprint density at radius 1 is 1.38 bits per heavy atom. The summed E-state index contributed by atoms with van der Waals surface area (Å²) in [5.41, 5.74) is 5.55. The maximum Gasteiger partial charge on any atom is 1.00 e. The van der Waals surface area contributed by atoms with Gasteiger partial charge in [-0.1, -0.05) is 12.1 Å². The molecule has 0 aliphatic carbocycles. The molecule has 7 heteroatoms. The monoisotopic (exact) mass is 229 g/mol. The summed E-state index contributed by atoms with van der Waals surface area (Å²) in [6, 6.07) is 6.09. The van der Waals surface area contributed by atoms with E-state index >= 15 is 0 Å². The van der Waals surface area contributed by atoms with Crippen LogP contribution in [0.2, 0.25) is 0 Å². The zero-order chi connectivity index (χ0) is 9.19. The normalized spacial score (nSPS) is 10.3. The molecule has 0 fully saturated rings. The fraction of sp³-hybridized carbons (Fsp3) is 0. The smallest absolute Gasteiger partial charge is 1.00 e. The summed E-state index contributed by atoms with van der Waals surface area (Å²) < 4.78 is 14.6.